The second-order valence-corrected chi connectivity index (χ2v) is 4.81. The normalized spacial score (nSPS) is 11.0. The number of hydrogen-bond acceptors (Lipinski definition) is 0. The molecule has 0 nitrogen and oxygen atoms in total. The Hall–Kier alpha value is -1.01. The lowest BCUT2D eigenvalue weighted by atomic mass is 10.0. The Kier molecular flexibility index (Phi) is 6.07. The highest BCUT2D eigenvalue weighted by Gasteiger charge is 1.98. The SMILES string of the molecule is C=C(/C=C\c1cccc(Cl)c1C)CCCCC. The first-order valence-corrected chi connectivity index (χ1v) is 6.64. The molecule has 0 fully saturated rings. The van der Waals surface area contributed by atoms with Crippen LogP contribution in [0.5, 0.6) is 0 Å². The molecule has 0 aliphatic heterocycles. The molecule has 0 aliphatic carbocycles. The molecule has 0 radical (unpaired) electrons. The van der Waals surface area contributed by atoms with E-state index >= 15 is 0 Å². The molecule has 0 aromatic heterocycles. The van der Waals surface area contributed by atoms with Crippen molar-refractivity contribution in [3.63, 3.8) is 0 Å². The lowest BCUT2D eigenvalue weighted by Gasteiger charge is -2.03. The van der Waals surface area contributed by atoms with Crippen LogP contribution in [0.4, 0.5) is 0 Å². The standard InChI is InChI=1S/C16H21Cl/c1-4-5-6-8-13(2)11-12-15-9-7-10-16(17)14(15)3/h7,9-12H,2,4-6,8H2,1,3H3/b12-11-. The summed E-state index contributed by atoms with van der Waals surface area (Å²) in [5, 5.41) is 0.823. The van der Waals surface area contributed by atoms with Crippen LogP contribution in [0.15, 0.2) is 36.4 Å². The van der Waals surface area contributed by atoms with Gasteiger partial charge in [0.25, 0.3) is 0 Å². The predicted octanol–water partition coefficient (Wildman–Crippen LogP) is 5.80. The molecule has 92 valence electrons. The number of allylic oxidation sites excluding steroid dienone is 2. The van der Waals surface area contributed by atoms with E-state index in [1.807, 2.05) is 19.1 Å². The van der Waals surface area contributed by atoms with E-state index in [9.17, 15) is 0 Å². The molecule has 0 aliphatic rings. The summed E-state index contributed by atoms with van der Waals surface area (Å²) >= 11 is 6.08. The van der Waals surface area contributed by atoms with E-state index in [1.165, 1.54) is 30.4 Å². The molecule has 1 aromatic carbocycles. The fraction of sp³-hybridized carbons (Fsp3) is 0.375. The van der Waals surface area contributed by atoms with Crippen molar-refractivity contribution in [2.75, 3.05) is 0 Å². The molecule has 0 saturated heterocycles. The van der Waals surface area contributed by atoms with Crippen molar-refractivity contribution in [1.29, 1.82) is 0 Å². The summed E-state index contributed by atoms with van der Waals surface area (Å²) in [6, 6.07) is 5.98. The van der Waals surface area contributed by atoms with E-state index in [0.29, 0.717) is 0 Å². The lowest BCUT2D eigenvalue weighted by molar-refractivity contribution is 0.720. The van der Waals surface area contributed by atoms with Gasteiger partial charge in [-0.25, -0.2) is 0 Å². The minimum atomic E-state index is 0.823. The quantitative estimate of drug-likeness (QED) is 0.441. The molecule has 0 amide bonds. The van der Waals surface area contributed by atoms with Crippen molar-refractivity contribution in [3.8, 4) is 0 Å². The number of benzene rings is 1. The van der Waals surface area contributed by atoms with Gasteiger partial charge in [-0.3, -0.25) is 0 Å². The smallest absolute Gasteiger partial charge is 0.0441 e. The highest BCUT2D eigenvalue weighted by molar-refractivity contribution is 6.31. The van der Waals surface area contributed by atoms with Gasteiger partial charge in [-0.05, 0) is 37.0 Å². The minimum absolute atomic E-state index is 0.823. The summed E-state index contributed by atoms with van der Waals surface area (Å²) in [6.07, 6.45) is 9.06. The fourth-order valence-electron chi connectivity index (χ4n) is 1.70. The van der Waals surface area contributed by atoms with Crippen LogP contribution in [0.25, 0.3) is 6.08 Å². The van der Waals surface area contributed by atoms with Gasteiger partial charge in [0.1, 0.15) is 0 Å². The number of halogens is 1. The van der Waals surface area contributed by atoms with Crippen molar-refractivity contribution in [2.45, 2.75) is 39.5 Å². The van der Waals surface area contributed by atoms with E-state index < -0.39 is 0 Å². The van der Waals surface area contributed by atoms with Crippen LogP contribution in [-0.4, -0.2) is 0 Å². The molecule has 0 atom stereocenters. The van der Waals surface area contributed by atoms with E-state index in [0.717, 1.165) is 17.0 Å². The zero-order valence-corrected chi connectivity index (χ0v) is 11.6. The van der Waals surface area contributed by atoms with Gasteiger partial charge in [0, 0.05) is 5.02 Å². The van der Waals surface area contributed by atoms with Crippen molar-refractivity contribution >= 4 is 17.7 Å². The third kappa shape index (κ3) is 4.79. The third-order valence-electron chi connectivity index (χ3n) is 2.91. The molecule has 1 aromatic rings. The highest BCUT2D eigenvalue weighted by atomic mass is 35.5. The largest absolute Gasteiger partial charge is 0.0958 e. The number of rotatable bonds is 6. The van der Waals surface area contributed by atoms with Gasteiger partial charge in [0.15, 0.2) is 0 Å². The molecule has 0 saturated carbocycles. The predicted molar refractivity (Wildman–Crippen MR) is 78.5 cm³/mol. The summed E-state index contributed by atoms with van der Waals surface area (Å²) < 4.78 is 0. The average Bonchev–Trinajstić information content (AvgIpc) is 2.31. The third-order valence-corrected chi connectivity index (χ3v) is 3.32. The molecular formula is C16H21Cl. The van der Waals surface area contributed by atoms with Gasteiger partial charge < -0.3 is 0 Å². The summed E-state index contributed by atoms with van der Waals surface area (Å²) in [5.41, 5.74) is 3.50. The summed E-state index contributed by atoms with van der Waals surface area (Å²) in [6.45, 7) is 8.33. The first-order chi connectivity index (χ1) is 8.15. The van der Waals surface area contributed by atoms with Crippen molar-refractivity contribution in [1.82, 2.24) is 0 Å². The van der Waals surface area contributed by atoms with Crippen molar-refractivity contribution in [2.24, 2.45) is 0 Å². The second kappa shape index (κ2) is 7.34. The Bertz CT molecular complexity index is 402. The Morgan fingerprint density at radius 2 is 2.12 bits per heavy atom. The summed E-state index contributed by atoms with van der Waals surface area (Å²) in [5.74, 6) is 0. The molecule has 17 heavy (non-hydrogen) atoms. The maximum absolute atomic E-state index is 6.08. The van der Waals surface area contributed by atoms with Gasteiger partial charge in [0.05, 0.1) is 0 Å². The van der Waals surface area contributed by atoms with Gasteiger partial charge in [0.2, 0.25) is 0 Å². The van der Waals surface area contributed by atoms with Crippen LogP contribution in [0.2, 0.25) is 5.02 Å². The molecule has 0 N–H and O–H groups in total. The molecule has 0 bridgehead atoms. The van der Waals surface area contributed by atoms with Crippen molar-refractivity contribution in [3.05, 3.63) is 52.6 Å². The number of unbranched alkanes of at least 4 members (excludes halogenated alkanes) is 2. The maximum atomic E-state index is 6.08. The second-order valence-electron chi connectivity index (χ2n) is 4.40. The van der Waals surface area contributed by atoms with Gasteiger partial charge in [-0.2, -0.15) is 0 Å². The van der Waals surface area contributed by atoms with Crippen LogP contribution in [0, 0.1) is 6.92 Å². The van der Waals surface area contributed by atoms with Crippen LogP contribution in [0.1, 0.15) is 43.7 Å². The lowest BCUT2D eigenvalue weighted by Crippen LogP contribution is -1.82. The Morgan fingerprint density at radius 3 is 2.82 bits per heavy atom. The van der Waals surface area contributed by atoms with E-state index in [4.69, 9.17) is 11.6 Å². The average molecular weight is 249 g/mol. The highest BCUT2D eigenvalue weighted by Crippen LogP contribution is 2.20. The van der Waals surface area contributed by atoms with Gasteiger partial charge in [-0.15, -0.1) is 0 Å². The van der Waals surface area contributed by atoms with Crippen LogP contribution >= 0.6 is 11.6 Å². The molecule has 1 rings (SSSR count). The van der Waals surface area contributed by atoms with E-state index in [1.54, 1.807) is 0 Å². The Morgan fingerprint density at radius 1 is 1.35 bits per heavy atom. The van der Waals surface area contributed by atoms with E-state index in [-0.39, 0.29) is 0 Å². The summed E-state index contributed by atoms with van der Waals surface area (Å²) in [7, 11) is 0. The van der Waals surface area contributed by atoms with Gasteiger partial charge in [-0.1, -0.05) is 67.8 Å². The van der Waals surface area contributed by atoms with E-state index in [2.05, 4.69) is 31.7 Å². The van der Waals surface area contributed by atoms with Crippen molar-refractivity contribution < 1.29 is 0 Å². The molecule has 0 spiro atoms. The summed E-state index contributed by atoms with van der Waals surface area (Å²) in [4.78, 5) is 0. The minimum Gasteiger partial charge on any atom is -0.0958 e. The zero-order chi connectivity index (χ0) is 12.7. The zero-order valence-electron chi connectivity index (χ0n) is 10.8. The molecule has 1 heteroatoms. The first-order valence-electron chi connectivity index (χ1n) is 6.26. The topological polar surface area (TPSA) is 0 Å². The van der Waals surface area contributed by atoms with Gasteiger partial charge >= 0.3 is 0 Å². The Balaban J connectivity index is 2.58. The van der Waals surface area contributed by atoms with Crippen LogP contribution < -0.4 is 0 Å². The molecule has 0 unspecified atom stereocenters. The van der Waals surface area contributed by atoms with Crippen LogP contribution in [0.3, 0.4) is 0 Å². The Labute approximate surface area is 110 Å². The first kappa shape index (κ1) is 14.1. The molecular weight excluding hydrogens is 228 g/mol. The monoisotopic (exact) mass is 248 g/mol. The number of hydrogen-bond donors (Lipinski definition) is 0. The maximum Gasteiger partial charge on any atom is 0.0441 e. The fourth-order valence-corrected chi connectivity index (χ4v) is 1.88. The van der Waals surface area contributed by atoms with Crippen LogP contribution in [-0.2, 0) is 0 Å². The molecule has 0 heterocycles.